The summed E-state index contributed by atoms with van der Waals surface area (Å²) in [7, 11) is 0. The fourth-order valence-corrected chi connectivity index (χ4v) is 8.18. The van der Waals surface area contributed by atoms with E-state index in [9.17, 15) is 0 Å². The van der Waals surface area contributed by atoms with Crippen LogP contribution in [0.5, 0.6) is 0 Å². The Morgan fingerprint density at radius 3 is 1.60 bits per heavy atom. The van der Waals surface area contributed by atoms with Crippen LogP contribution in [0.4, 0.5) is 0 Å². The van der Waals surface area contributed by atoms with Gasteiger partial charge >= 0.3 is 0 Å². The molecular formula is C46H30N2S2. The average Bonchev–Trinajstić information content (AvgIpc) is 3.57. The van der Waals surface area contributed by atoms with E-state index in [2.05, 4.69) is 158 Å². The predicted octanol–water partition coefficient (Wildman–Crippen LogP) is 13.1. The molecule has 0 saturated heterocycles. The lowest BCUT2D eigenvalue weighted by atomic mass is 9.92. The van der Waals surface area contributed by atoms with E-state index in [0.29, 0.717) is 0 Å². The second kappa shape index (κ2) is 12.9. The van der Waals surface area contributed by atoms with Crippen molar-refractivity contribution in [1.82, 2.24) is 9.97 Å². The molecule has 0 aliphatic carbocycles. The molecule has 9 aromatic rings. The summed E-state index contributed by atoms with van der Waals surface area (Å²) in [5.41, 5.74) is 13.2. The minimum atomic E-state index is 0.730. The zero-order valence-electron chi connectivity index (χ0n) is 27.0. The van der Waals surface area contributed by atoms with Crippen LogP contribution in [-0.4, -0.2) is 9.97 Å². The highest BCUT2D eigenvalue weighted by molar-refractivity contribution is 7.80. The third-order valence-electron chi connectivity index (χ3n) is 9.18. The lowest BCUT2D eigenvalue weighted by Crippen LogP contribution is -1.94. The predicted molar refractivity (Wildman–Crippen MR) is 215 cm³/mol. The van der Waals surface area contributed by atoms with Crippen LogP contribution in [-0.2, 0) is 0 Å². The molecular weight excluding hydrogens is 645 g/mol. The van der Waals surface area contributed by atoms with Crippen LogP contribution in [0.2, 0.25) is 0 Å². The van der Waals surface area contributed by atoms with Crippen molar-refractivity contribution in [3.05, 3.63) is 176 Å². The van der Waals surface area contributed by atoms with Gasteiger partial charge in [0, 0.05) is 26.1 Å². The van der Waals surface area contributed by atoms with Crippen LogP contribution < -0.4 is 0 Å². The van der Waals surface area contributed by atoms with E-state index in [1.54, 1.807) is 11.3 Å². The highest BCUT2D eigenvalue weighted by atomic mass is 32.1. The number of rotatable bonds is 6. The van der Waals surface area contributed by atoms with Gasteiger partial charge in [-0.3, -0.25) is 0 Å². The lowest BCUT2D eigenvalue weighted by Gasteiger charge is -2.14. The molecule has 50 heavy (non-hydrogen) atoms. The summed E-state index contributed by atoms with van der Waals surface area (Å²) in [6.07, 6.45) is 0. The van der Waals surface area contributed by atoms with Crippen LogP contribution in [0, 0.1) is 0 Å². The van der Waals surface area contributed by atoms with Crippen molar-refractivity contribution in [2.24, 2.45) is 0 Å². The molecule has 2 aromatic heterocycles. The van der Waals surface area contributed by atoms with E-state index < -0.39 is 0 Å². The molecule has 236 valence electrons. The van der Waals surface area contributed by atoms with Crippen LogP contribution in [0.15, 0.2) is 181 Å². The van der Waals surface area contributed by atoms with Crippen LogP contribution >= 0.6 is 24.0 Å². The maximum absolute atomic E-state index is 5.19. The third-order valence-corrected chi connectivity index (χ3v) is 10.7. The van der Waals surface area contributed by atoms with Crippen molar-refractivity contribution in [3.8, 4) is 67.2 Å². The average molecular weight is 675 g/mol. The molecule has 2 heterocycles. The van der Waals surface area contributed by atoms with E-state index in [1.807, 2.05) is 18.2 Å². The standard InChI is InChI=1S/C46H30N2S2/c49-41-29-33(38-27-36(30-13-4-1-5-14-30)26-37(28-38)31-15-6-2-7-16-31)23-24-39(41)34-19-12-20-35(25-34)43-45-44(40-21-10-11-22-42(40)50-45)48-46(47-43)32-17-8-3-9-18-32/h1-29,49H. The first-order valence-corrected chi connectivity index (χ1v) is 17.9. The lowest BCUT2D eigenvalue weighted by molar-refractivity contribution is 1.24. The highest BCUT2D eigenvalue weighted by Gasteiger charge is 2.17. The first-order chi connectivity index (χ1) is 24.7. The summed E-state index contributed by atoms with van der Waals surface area (Å²) >= 11 is 6.83. The van der Waals surface area contributed by atoms with E-state index >= 15 is 0 Å². The molecule has 0 aliphatic heterocycles. The largest absolute Gasteiger partial charge is 0.226 e. The number of fused-ring (bicyclic) bond motifs is 3. The molecule has 0 radical (unpaired) electrons. The van der Waals surface area contributed by atoms with Gasteiger partial charge in [-0.2, -0.15) is 0 Å². The van der Waals surface area contributed by atoms with Gasteiger partial charge in [-0.1, -0.05) is 140 Å². The van der Waals surface area contributed by atoms with Gasteiger partial charge in [0.25, 0.3) is 0 Å². The van der Waals surface area contributed by atoms with Crippen LogP contribution in [0.1, 0.15) is 0 Å². The molecule has 0 amide bonds. The Morgan fingerprint density at radius 1 is 0.400 bits per heavy atom. The number of hydrogen-bond acceptors (Lipinski definition) is 4. The zero-order valence-corrected chi connectivity index (χ0v) is 28.7. The Balaban J connectivity index is 1.14. The molecule has 0 unspecified atom stereocenters. The second-order valence-electron chi connectivity index (χ2n) is 12.4. The molecule has 4 heteroatoms. The fraction of sp³-hybridized carbons (Fsp3) is 0. The first-order valence-electron chi connectivity index (χ1n) is 16.6. The zero-order chi connectivity index (χ0) is 33.4. The number of benzene rings is 7. The Hall–Kier alpha value is -5.81. The Labute approximate surface area is 300 Å². The number of thiol groups is 1. The fourth-order valence-electron chi connectivity index (χ4n) is 6.68. The van der Waals surface area contributed by atoms with Crippen molar-refractivity contribution in [2.45, 2.75) is 4.90 Å². The Kier molecular flexibility index (Phi) is 7.81. The molecule has 9 rings (SSSR count). The van der Waals surface area contributed by atoms with Gasteiger partial charge in [-0.15, -0.1) is 24.0 Å². The molecule has 0 atom stereocenters. The highest BCUT2D eigenvalue weighted by Crippen LogP contribution is 2.41. The normalized spacial score (nSPS) is 11.3. The minimum Gasteiger partial charge on any atom is -0.226 e. The molecule has 0 aliphatic rings. The number of aromatic nitrogens is 2. The smallest absolute Gasteiger partial charge is 0.160 e. The summed E-state index contributed by atoms with van der Waals surface area (Å²) in [5, 5.41) is 1.16. The summed E-state index contributed by atoms with van der Waals surface area (Å²) in [4.78, 5) is 11.2. The summed E-state index contributed by atoms with van der Waals surface area (Å²) in [6, 6.07) is 62.0. The van der Waals surface area contributed by atoms with Gasteiger partial charge in [-0.25, -0.2) is 9.97 Å². The van der Waals surface area contributed by atoms with E-state index in [1.165, 1.54) is 27.0 Å². The Morgan fingerprint density at radius 2 is 0.940 bits per heavy atom. The second-order valence-corrected chi connectivity index (χ2v) is 13.9. The summed E-state index contributed by atoms with van der Waals surface area (Å²) < 4.78 is 2.30. The van der Waals surface area contributed by atoms with Gasteiger partial charge in [0.15, 0.2) is 5.82 Å². The molecule has 0 N–H and O–H groups in total. The molecule has 0 saturated carbocycles. The van der Waals surface area contributed by atoms with Crippen molar-refractivity contribution < 1.29 is 0 Å². The molecule has 0 spiro atoms. The molecule has 2 nitrogen and oxygen atoms in total. The maximum atomic E-state index is 5.19. The van der Waals surface area contributed by atoms with Crippen molar-refractivity contribution in [1.29, 1.82) is 0 Å². The van der Waals surface area contributed by atoms with Crippen LogP contribution in [0.3, 0.4) is 0 Å². The van der Waals surface area contributed by atoms with Crippen molar-refractivity contribution >= 4 is 44.3 Å². The SMILES string of the molecule is Sc1cc(-c2cc(-c3ccccc3)cc(-c3ccccc3)c2)ccc1-c1cccc(-c2nc(-c3ccccc3)nc3c2sc2ccccc23)c1. The van der Waals surface area contributed by atoms with Gasteiger partial charge < -0.3 is 0 Å². The molecule has 0 fully saturated rings. The minimum absolute atomic E-state index is 0.730. The number of hydrogen-bond donors (Lipinski definition) is 1. The van der Waals surface area contributed by atoms with Gasteiger partial charge in [-0.05, 0) is 80.9 Å². The maximum Gasteiger partial charge on any atom is 0.160 e. The van der Waals surface area contributed by atoms with Crippen molar-refractivity contribution in [2.75, 3.05) is 0 Å². The molecule has 7 aromatic carbocycles. The quantitative estimate of drug-likeness (QED) is 0.178. The summed E-state index contributed by atoms with van der Waals surface area (Å²) in [6.45, 7) is 0. The monoisotopic (exact) mass is 674 g/mol. The van der Waals surface area contributed by atoms with Gasteiger partial charge in [0.05, 0.1) is 15.9 Å². The number of thiophene rings is 1. The van der Waals surface area contributed by atoms with Gasteiger partial charge in [0.1, 0.15) is 0 Å². The van der Waals surface area contributed by atoms with E-state index in [0.717, 1.165) is 65.4 Å². The third kappa shape index (κ3) is 5.69. The molecule has 0 bridgehead atoms. The van der Waals surface area contributed by atoms with Crippen molar-refractivity contribution in [3.63, 3.8) is 0 Å². The van der Waals surface area contributed by atoms with Crippen LogP contribution in [0.25, 0.3) is 87.5 Å². The van der Waals surface area contributed by atoms with Gasteiger partial charge in [0.2, 0.25) is 0 Å². The summed E-state index contributed by atoms with van der Waals surface area (Å²) in [5.74, 6) is 0.730. The topological polar surface area (TPSA) is 25.8 Å². The number of nitrogens with zero attached hydrogens (tertiary/aromatic N) is 2. The Bertz CT molecular complexity index is 2590. The van der Waals surface area contributed by atoms with E-state index in [-0.39, 0.29) is 0 Å². The van der Waals surface area contributed by atoms with E-state index in [4.69, 9.17) is 22.6 Å². The first kappa shape index (κ1) is 30.3.